The number of hydrogen-bond donors (Lipinski definition) is 2. The molecule has 1 aromatic carbocycles. The van der Waals surface area contributed by atoms with Crippen LogP contribution < -0.4 is 11.3 Å². The second-order valence-corrected chi connectivity index (χ2v) is 6.67. The van der Waals surface area contributed by atoms with Crippen LogP contribution in [-0.4, -0.2) is 11.8 Å². The van der Waals surface area contributed by atoms with Crippen LogP contribution in [0, 0.1) is 5.92 Å². The summed E-state index contributed by atoms with van der Waals surface area (Å²) in [6.45, 7) is 0. The fourth-order valence-corrected chi connectivity index (χ4v) is 3.63. The fourth-order valence-electron chi connectivity index (χ4n) is 2.07. The Kier molecular flexibility index (Phi) is 5.35. The normalized spacial score (nSPS) is 17.8. The predicted molar refractivity (Wildman–Crippen MR) is 77.9 cm³/mol. The topological polar surface area (TPSA) is 38.0 Å². The lowest BCUT2D eigenvalue weighted by molar-refractivity contribution is 0.268. The van der Waals surface area contributed by atoms with Crippen LogP contribution in [0.2, 0.25) is 0 Å². The molecule has 1 saturated carbocycles. The van der Waals surface area contributed by atoms with Gasteiger partial charge in [0.25, 0.3) is 0 Å². The van der Waals surface area contributed by atoms with Crippen LogP contribution in [0.15, 0.2) is 33.6 Å². The van der Waals surface area contributed by atoms with Gasteiger partial charge in [0.15, 0.2) is 0 Å². The zero-order valence-corrected chi connectivity index (χ0v) is 12.3. The van der Waals surface area contributed by atoms with Crippen LogP contribution in [0.4, 0.5) is 0 Å². The molecule has 0 amide bonds. The van der Waals surface area contributed by atoms with Crippen molar-refractivity contribution in [2.45, 2.75) is 36.6 Å². The molecule has 0 radical (unpaired) electrons. The first-order valence-electron chi connectivity index (χ1n) is 6.12. The zero-order valence-electron chi connectivity index (χ0n) is 9.86. The molecule has 17 heavy (non-hydrogen) atoms. The Morgan fingerprint density at radius 2 is 2.29 bits per heavy atom. The van der Waals surface area contributed by atoms with Gasteiger partial charge in [-0.3, -0.25) is 11.3 Å². The molecule has 0 aliphatic heterocycles. The molecule has 4 heteroatoms. The van der Waals surface area contributed by atoms with Crippen LogP contribution in [0.3, 0.4) is 0 Å². The van der Waals surface area contributed by atoms with E-state index in [0.29, 0.717) is 6.04 Å². The predicted octanol–water partition coefficient (Wildman–Crippen LogP) is 3.56. The van der Waals surface area contributed by atoms with Crippen molar-refractivity contribution in [2.75, 3.05) is 5.75 Å². The Morgan fingerprint density at radius 3 is 2.88 bits per heavy atom. The van der Waals surface area contributed by atoms with E-state index < -0.39 is 0 Å². The molecule has 1 atom stereocenters. The van der Waals surface area contributed by atoms with Crippen molar-refractivity contribution in [3.63, 3.8) is 0 Å². The lowest BCUT2D eigenvalue weighted by Crippen LogP contribution is -2.39. The van der Waals surface area contributed by atoms with E-state index in [-0.39, 0.29) is 0 Å². The Balaban J connectivity index is 1.78. The number of nitrogens with one attached hydrogen (secondary N) is 1. The fraction of sp³-hybridized carbons (Fsp3) is 0.538. The van der Waals surface area contributed by atoms with Gasteiger partial charge in [-0.1, -0.05) is 41.3 Å². The van der Waals surface area contributed by atoms with Crippen molar-refractivity contribution in [1.82, 2.24) is 5.43 Å². The quantitative estimate of drug-likeness (QED) is 0.479. The molecule has 1 fully saturated rings. The van der Waals surface area contributed by atoms with Gasteiger partial charge in [-0.25, -0.2) is 0 Å². The molecular formula is C13H19BrN2S. The van der Waals surface area contributed by atoms with Gasteiger partial charge in [0.1, 0.15) is 0 Å². The number of benzene rings is 1. The number of nitrogens with two attached hydrogens (primary N) is 1. The average Bonchev–Trinajstić information content (AvgIpc) is 2.27. The number of hydrogen-bond acceptors (Lipinski definition) is 3. The number of hydrazine groups is 1. The van der Waals surface area contributed by atoms with E-state index in [9.17, 15) is 0 Å². The first kappa shape index (κ1) is 13.4. The van der Waals surface area contributed by atoms with E-state index in [1.807, 2.05) is 11.8 Å². The summed E-state index contributed by atoms with van der Waals surface area (Å²) in [5, 5.41) is 0. The molecule has 1 aromatic rings. The van der Waals surface area contributed by atoms with Gasteiger partial charge in [-0.15, -0.1) is 11.8 Å². The molecule has 2 rings (SSSR count). The van der Waals surface area contributed by atoms with Crippen molar-refractivity contribution in [1.29, 1.82) is 0 Å². The van der Waals surface area contributed by atoms with Crippen LogP contribution in [0.5, 0.6) is 0 Å². The Labute approximate surface area is 116 Å². The summed E-state index contributed by atoms with van der Waals surface area (Å²) in [5.74, 6) is 7.57. The first-order valence-corrected chi connectivity index (χ1v) is 7.90. The largest absolute Gasteiger partial charge is 0.271 e. The number of halogens is 1. The smallest absolute Gasteiger partial charge is 0.0307 e. The van der Waals surface area contributed by atoms with Crippen LogP contribution in [0.25, 0.3) is 0 Å². The molecule has 0 aromatic heterocycles. The summed E-state index contributed by atoms with van der Waals surface area (Å²) in [6.07, 6.45) is 5.40. The van der Waals surface area contributed by atoms with E-state index in [1.54, 1.807) is 0 Å². The van der Waals surface area contributed by atoms with Gasteiger partial charge in [0.2, 0.25) is 0 Å². The molecule has 1 aliphatic carbocycles. The second-order valence-electron chi connectivity index (χ2n) is 4.66. The Hall–Kier alpha value is -0.0300. The SMILES string of the molecule is NNC(CSc1cccc(Br)c1)CC1CCC1. The molecule has 2 nitrogen and oxygen atoms in total. The van der Waals surface area contributed by atoms with Gasteiger partial charge in [0, 0.05) is 21.2 Å². The molecule has 94 valence electrons. The highest BCUT2D eigenvalue weighted by atomic mass is 79.9. The molecular weight excluding hydrogens is 296 g/mol. The van der Waals surface area contributed by atoms with E-state index >= 15 is 0 Å². The van der Waals surface area contributed by atoms with Crippen LogP contribution in [0.1, 0.15) is 25.7 Å². The van der Waals surface area contributed by atoms with E-state index in [2.05, 4.69) is 45.6 Å². The third-order valence-electron chi connectivity index (χ3n) is 3.33. The monoisotopic (exact) mass is 314 g/mol. The van der Waals surface area contributed by atoms with Crippen molar-refractivity contribution in [2.24, 2.45) is 11.8 Å². The summed E-state index contributed by atoms with van der Waals surface area (Å²) in [4.78, 5) is 1.30. The van der Waals surface area contributed by atoms with Crippen LogP contribution >= 0.6 is 27.7 Å². The van der Waals surface area contributed by atoms with E-state index in [1.165, 1.54) is 30.6 Å². The minimum Gasteiger partial charge on any atom is -0.271 e. The maximum atomic E-state index is 5.62. The minimum absolute atomic E-state index is 0.435. The third-order valence-corrected chi connectivity index (χ3v) is 4.98. The van der Waals surface area contributed by atoms with Crippen molar-refractivity contribution in [3.05, 3.63) is 28.7 Å². The lowest BCUT2D eigenvalue weighted by Gasteiger charge is -2.29. The molecule has 1 unspecified atom stereocenters. The summed E-state index contributed by atoms with van der Waals surface area (Å²) in [6, 6.07) is 8.86. The average molecular weight is 315 g/mol. The van der Waals surface area contributed by atoms with Crippen molar-refractivity contribution in [3.8, 4) is 0 Å². The van der Waals surface area contributed by atoms with E-state index in [0.717, 1.165) is 16.1 Å². The molecule has 0 saturated heterocycles. The Morgan fingerprint density at radius 1 is 1.47 bits per heavy atom. The summed E-state index contributed by atoms with van der Waals surface area (Å²) < 4.78 is 1.14. The minimum atomic E-state index is 0.435. The molecule has 0 spiro atoms. The maximum absolute atomic E-state index is 5.62. The molecule has 3 N–H and O–H groups in total. The zero-order chi connectivity index (χ0) is 12.1. The molecule has 0 bridgehead atoms. The van der Waals surface area contributed by atoms with Gasteiger partial charge in [-0.2, -0.15) is 0 Å². The standard InChI is InChI=1S/C13H19BrN2S/c14-11-5-2-6-13(8-11)17-9-12(16-15)7-10-3-1-4-10/h2,5-6,8,10,12,16H,1,3-4,7,9,15H2. The maximum Gasteiger partial charge on any atom is 0.0307 e. The number of thioether (sulfide) groups is 1. The van der Waals surface area contributed by atoms with E-state index in [4.69, 9.17) is 5.84 Å². The first-order chi connectivity index (χ1) is 8.28. The highest BCUT2D eigenvalue weighted by molar-refractivity contribution is 9.10. The highest BCUT2D eigenvalue weighted by Crippen LogP contribution is 2.31. The summed E-state index contributed by atoms with van der Waals surface area (Å²) in [7, 11) is 0. The lowest BCUT2D eigenvalue weighted by atomic mass is 9.81. The van der Waals surface area contributed by atoms with Crippen LogP contribution in [-0.2, 0) is 0 Å². The second kappa shape index (κ2) is 6.78. The summed E-state index contributed by atoms with van der Waals surface area (Å²) in [5.41, 5.74) is 2.95. The Bertz CT molecular complexity index is 355. The summed E-state index contributed by atoms with van der Waals surface area (Å²) >= 11 is 5.36. The third kappa shape index (κ3) is 4.28. The number of rotatable bonds is 6. The van der Waals surface area contributed by atoms with Crippen molar-refractivity contribution < 1.29 is 0 Å². The van der Waals surface area contributed by atoms with Gasteiger partial charge >= 0.3 is 0 Å². The highest BCUT2D eigenvalue weighted by Gasteiger charge is 2.21. The van der Waals surface area contributed by atoms with Gasteiger partial charge < -0.3 is 0 Å². The molecule has 0 heterocycles. The molecule has 1 aliphatic rings. The van der Waals surface area contributed by atoms with Gasteiger partial charge in [-0.05, 0) is 30.5 Å². The van der Waals surface area contributed by atoms with Gasteiger partial charge in [0.05, 0.1) is 0 Å². The van der Waals surface area contributed by atoms with Crippen molar-refractivity contribution >= 4 is 27.7 Å².